The predicted octanol–water partition coefficient (Wildman–Crippen LogP) is 2.55. The molecule has 1 aliphatic heterocycles. The van der Waals surface area contributed by atoms with Crippen molar-refractivity contribution >= 4 is 28.6 Å². The number of benzene rings is 2. The van der Waals surface area contributed by atoms with Gasteiger partial charge < -0.3 is 30.6 Å². The Morgan fingerprint density at radius 3 is 2.64 bits per heavy atom. The molecule has 3 aromatic rings. The molecular weight excluding hydrogens is 494 g/mol. The summed E-state index contributed by atoms with van der Waals surface area (Å²) < 4.78 is 6.03. The number of carbonyl (C=O) groups excluding carboxylic acids is 3. The average Bonchev–Trinajstić information content (AvgIpc) is 3.34. The summed E-state index contributed by atoms with van der Waals surface area (Å²) in [6.45, 7) is 3.27. The number of hydrogen-bond acceptors (Lipinski definition) is 5. The van der Waals surface area contributed by atoms with E-state index in [1.54, 1.807) is 7.05 Å². The molecule has 9 nitrogen and oxygen atoms in total. The Morgan fingerprint density at radius 1 is 1.00 bits per heavy atom. The Labute approximate surface area is 229 Å². The van der Waals surface area contributed by atoms with Gasteiger partial charge in [-0.1, -0.05) is 49.7 Å². The zero-order chi connectivity index (χ0) is 27.6. The molecule has 0 saturated heterocycles. The van der Waals surface area contributed by atoms with Crippen LogP contribution in [0.2, 0.25) is 0 Å². The molecule has 9 heteroatoms. The van der Waals surface area contributed by atoms with Crippen LogP contribution in [-0.2, 0) is 27.2 Å². The molecule has 0 bridgehead atoms. The topological polar surface area (TPSA) is 116 Å². The summed E-state index contributed by atoms with van der Waals surface area (Å²) in [6, 6.07) is 14.6. The Hall–Kier alpha value is -3.85. The summed E-state index contributed by atoms with van der Waals surface area (Å²) in [5, 5.41) is 10.2. The van der Waals surface area contributed by atoms with Crippen molar-refractivity contribution in [2.45, 2.75) is 51.1 Å². The Bertz CT molecular complexity index is 1270. The molecule has 2 atom stereocenters. The van der Waals surface area contributed by atoms with E-state index in [2.05, 4.69) is 20.9 Å². The molecule has 0 unspecified atom stereocenters. The summed E-state index contributed by atoms with van der Waals surface area (Å²) in [4.78, 5) is 44.2. The van der Waals surface area contributed by atoms with Crippen LogP contribution in [0, 0.1) is 0 Å². The van der Waals surface area contributed by atoms with Crippen LogP contribution in [0.15, 0.2) is 54.7 Å². The van der Waals surface area contributed by atoms with Gasteiger partial charge in [-0.25, -0.2) is 0 Å². The summed E-state index contributed by atoms with van der Waals surface area (Å²) in [7, 11) is 1.62. The van der Waals surface area contributed by atoms with Gasteiger partial charge in [0.1, 0.15) is 18.4 Å². The number of rotatable bonds is 4. The Kier molecular flexibility index (Phi) is 9.97. The first-order chi connectivity index (χ1) is 19.0. The molecule has 2 aromatic carbocycles. The smallest absolute Gasteiger partial charge is 0.242 e. The lowest BCUT2D eigenvalue weighted by molar-refractivity contribution is -0.137. The quantitative estimate of drug-likeness (QED) is 0.412. The molecule has 1 aliphatic rings. The number of ether oxygens (including phenoxy) is 1. The first-order valence-electron chi connectivity index (χ1n) is 13.8. The van der Waals surface area contributed by atoms with Gasteiger partial charge in [0.15, 0.2) is 0 Å². The number of fused-ring (bicyclic) bond motifs is 2. The minimum absolute atomic E-state index is 0.137. The average molecular weight is 534 g/mol. The van der Waals surface area contributed by atoms with Crippen LogP contribution in [0.5, 0.6) is 5.75 Å². The van der Waals surface area contributed by atoms with Crippen LogP contribution < -0.4 is 20.7 Å². The van der Waals surface area contributed by atoms with Gasteiger partial charge >= 0.3 is 0 Å². The van der Waals surface area contributed by atoms with Crippen molar-refractivity contribution in [1.29, 1.82) is 0 Å². The van der Waals surface area contributed by atoms with Gasteiger partial charge in [-0.05, 0) is 42.5 Å². The number of H-pyrrole nitrogens is 1. The van der Waals surface area contributed by atoms with Crippen LogP contribution in [0.4, 0.5) is 0 Å². The minimum atomic E-state index is -0.778. The number of aromatic nitrogens is 1. The van der Waals surface area contributed by atoms with Crippen molar-refractivity contribution in [2.75, 3.05) is 33.3 Å². The molecular formula is C30H39N5O4. The van der Waals surface area contributed by atoms with Crippen LogP contribution >= 0.6 is 0 Å². The summed E-state index contributed by atoms with van der Waals surface area (Å²) in [5.41, 5.74) is 2.98. The Balaban J connectivity index is 1.54. The SMILES string of the molecule is CCC[C@@H]1NCCOc2ccccc2CCCNC(=O)[C@@H](Cc2c[nH]c3ccccc23)NC(=O)CN(C)C1=O. The molecule has 4 N–H and O–H groups in total. The minimum Gasteiger partial charge on any atom is -0.492 e. The van der Waals surface area contributed by atoms with E-state index >= 15 is 0 Å². The molecule has 3 amide bonds. The molecule has 0 saturated carbocycles. The highest BCUT2D eigenvalue weighted by Crippen LogP contribution is 2.20. The number of nitrogens with zero attached hydrogens (tertiary/aromatic N) is 1. The highest BCUT2D eigenvalue weighted by molar-refractivity contribution is 5.92. The highest BCUT2D eigenvalue weighted by Gasteiger charge is 2.26. The first kappa shape index (κ1) is 28.2. The van der Waals surface area contributed by atoms with Gasteiger partial charge in [-0.15, -0.1) is 0 Å². The lowest BCUT2D eigenvalue weighted by Gasteiger charge is -2.25. The number of aromatic amines is 1. The molecule has 2 heterocycles. The van der Waals surface area contributed by atoms with Gasteiger partial charge in [0, 0.05) is 43.7 Å². The molecule has 39 heavy (non-hydrogen) atoms. The van der Waals surface area contributed by atoms with E-state index in [-0.39, 0.29) is 24.3 Å². The van der Waals surface area contributed by atoms with Crippen LogP contribution in [-0.4, -0.2) is 73.0 Å². The third-order valence-corrected chi connectivity index (χ3v) is 7.03. The van der Waals surface area contributed by atoms with Crippen molar-refractivity contribution in [3.63, 3.8) is 0 Å². The molecule has 0 radical (unpaired) electrons. The first-order valence-corrected chi connectivity index (χ1v) is 13.8. The zero-order valence-electron chi connectivity index (χ0n) is 22.8. The third kappa shape index (κ3) is 7.60. The molecule has 0 spiro atoms. The van der Waals surface area contributed by atoms with E-state index in [1.165, 1.54) is 4.90 Å². The number of likely N-dealkylation sites (N-methyl/N-ethyl adjacent to an activating group) is 1. The maximum Gasteiger partial charge on any atom is 0.242 e. The fourth-order valence-electron chi connectivity index (χ4n) is 4.99. The normalized spacial score (nSPS) is 20.4. The summed E-state index contributed by atoms with van der Waals surface area (Å²) in [5.74, 6) is 0.0242. The second-order valence-electron chi connectivity index (χ2n) is 10.0. The van der Waals surface area contributed by atoms with Crippen molar-refractivity contribution in [2.24, 2.45) is 0 Å². The van der Waals surface area contributed by atoms with Crippen LogP contribution in [0.3, 0.4) is 0 Å². The van der Waals surface area contributed by atoms with Gasteiger partial charge in [-0.2, -0.15) is 0 Å². The monoisotopic (exact) mass is 533 g/mol. The van der Waals surface area contributed by atoms with E-state index in [9.17, 15) is 14.4 Å². The largest absolute Gasteiger partial charge is 0.492 e. The molecule has 0 aliphatic carbocycles. The second kappa shape index (κ2) is 13.8. The van der Waals surface area contributed by atoms with Crippen molar-refractivity contribution in [3.05, 3.63) is 65.9 Å². The number of hydrogen-bond donors (Lipinski definition) is 4. The molecule has 0 fully saturated rings. The van der Waals surface area contributed by atoms with Crippen molar-refractivity contribution < 1.29 is 19.1 Å². The number of amides is 3. The third-order valence-electron chi connectivity index (χ3n) is 7.03. The molecule has 4 rings (SSSR count). The molecule has 208 valence electrons. The lowest BCUT2D eigenvalue weighted by atomic mass is 10.0. The van der Waals surface area contributed by atoms with Crippen molar-refractivity contribution in [1.82, 2.24) is 25.8 Å². The molecule has 1 aromatic heterocycles. The van der Waals surface area contributed by atoms with Gasteiger partial charge in [-0.3, -0.25) is 14.4 Å². The van der Waals surface area contributed by atoms with Gasteiger partial charge in [0.05, 0.1) is 12.6 Å². The number of aryl methyl sites for hydroxylation is 1. The van der Waals surface area contributed by atoms with E-state index < -0.39 is 12.1 Å². The number of nitrogens with one attached hydrogen (secondary N) is 4. The predicted molar refractivity (Wildman–Crippen MR) is 152 cm³/mol. The van der Waals surface area contributed by atoms with E-state index in [1.807, 2.05) is 61.7 Å². The van der Waals surface area contributed by atoms with E-state index in [0.29, 0.717) is 32.5 Å². The van der Waals surface area contributed by atoms with Crippen LogP contribution in [0.1, 0.15) is 37.3 Å². The number of carbonyl (C=O) groups is 3. The zero-order valence-corrected chi connectivity index (χ0v) is 22.8. The maximum atomic E-state index is 13.3. The second-order valence-corrected chi connectivity index (χ2v) is 10.0. The van der Waals surface area contributed by atoms with E-state index in [4.69, 9.17) is 4.74 Å². The maximum absolute atomic E-state index is 13.3. The highest BCUT2D eigenvalue weighted by atomic mass is 16.5. The van der Waals surface area contributed by atoms with Crippen molar-refractivity contribution in [3.8, 4) is 5.75 Å². The Morgan fingerprint density at radius 2 is 1.79 bits per heavy atom. The van der Waals surface area contributed by atoms with Gasteiger partial charge in [0.2, 0.25) is 17.7 Å². The van der Waals surface area contributed by atoms with Crippen LogP contribution in [0.25, 0.3) is 10.9 Å². The summed E-state index contributed by atoms with van der Waals surface area (Å²) in [6.07, 6.45) is 5.14. The van der Waals surface area contributed by atoms with Gasteiger partial charge in [0.25, 0.3) is 0 Å². The fraction of sp³-hybridized carbons (Fsp3) is 0.433. The van der Waals surface area contributed by atoms with E-state index in [0.717, 1.165) is 47.0 Å². The summed E-state index contributed by atoms with van der Waals surface area (Å²) >= 11 is 0. The fourth-order valence-corrected chi connectivity index (χ4v) is 4.99. The number of para-hydroxylation sites is 2. The standard InChI is InChI=1S/C30H39N5O4/c1-3-9-25-30(38)35(2)20-28(36)34-26(18-22-19-33-24-13-6-5-12-23(22)24)29(37)32-15-8-11-21-10-4-7-14-27(21)39-17-16-31-25/h4-7,10,12-14,19,25-26,31,33H,3,8-9,11,15-18,20H2,1-2H3,(H,32,37)(H,34,36)/t25-,26+/m0/s1. The lowest BCUT2D eigenvalue weighted by Crippen LogP contribution is -2.53.